The molecule has 22 heavy (non-hydrogen) atoms. The van der Waals surface area contributed by atoms with E-state index in [0.717, 1.165) is 21.9 Å². The maximum Gasteiger partial charge on any atom is 0.163 e. The number of fused-ring (bicyclic) bond motifs is 1. The van der Waals surface area contributed by atoms with Crippen LogP contribution in [0.25, 0.3) is 10.8 Å². The van der Waals surface area contributed by atoms with Crippen molar-refractivity contribution in [1.82, 2.24) is 0 Å². The van der Waals surface area contributed by atoms with E-state index in [1.165, 1.54) is 0 Å². The second-order valence-corrected chi connectivity index (χ2v) is 5.26. The average Bonchev–Trinajstić information content (AvgIpc) is 2.59. The van der Waals surface area contributed by atoms with Gasteiger partial charge in [0.15, 0.2) is 5.78 Å². The van der Waals surface area contributed by atoms with Crippen molar-refractivity contribution in [2.45, 2.75) is 12.8 Å². The number of rotatable bonds is 4. The quantitative estimate of drug-likeness (QED) is 0.661. The summed E-state index contributed by atoms with van der Waals surface area (Å²) in [6.45, 7) is 0. The van der Waals surface area contributed by atoms with Crippen LogP contribution in [0, 0.1) is 11.3 Å². The van der Waals surface area contributed by atoms with Crippen molar-refractivity contribution in [2.24, 2.45) is 0 Å². The number of aryl methyl sites for hydroxylation is 1. The number of carbonyl (C=O) groups excluding carboxylic acids is 1. The Hall–Kier alpha value is -2.92. The molecule has 106 valence electrons. The molecule has 0 aromatic heterocycles. The van der Waals surface area contributed by atoms with Crippen LogP contribution >= 0.6 is 0 Å². The van der Waals surface area contributed by atoms with Crippen molar-refractivity contribution in [3.8, 4) is 6.07 Å². The number of hydrogen-bond acceptors (Lipinski definition) is 2. The normalized spacial score (nSPS) is 10.3. The Morgan fingerprint density at radius 1 is 0.909 bits per heavy atom. The molecular formula is C20H15NO. The summed E-state index contributed by atoms with van der Waals surface area (Å²) in [6.07, 6.45) is 1.16. The zero-order valence-corrected chi connectivity index (χ0v) is 12.1. The smallest absolute Gasteiger partial charge is 0.163 e. The zero-order chi connectivity index (χ0) is 15.4. The first-order valence-corrected chi connectivity index (χ1v) is 7.28. The van der Waals surface area contributed by atoms with Crippen LogP contribution in [-0.2, 0) is 6.42 Å². The molecule has 0 aliphatic rings. The highest BCUT2D eigenvalue weighted by Gasteiger charge is 2.09. The Morgan fingerprint density at radius 3 is 2.41 bits per heavy atom. The van der Waals surface area contributed by atoms with Crippen molar-refractivity contribution < 1.29 is 4.79 Å². The fraction of sp³-hybridized carbons (Fsp3) is 0.100. The van der Waals surface area contributed by atoms with Crippen LogP contribution in [0.15, 0.2) is 66.7 Å². The van der Waals surface area contributed by atoms with Crippen LogP contribution in [0.2, 0.25) is 0 Å². The first kappa shape index (κ1) is 14.0. The zero-order valence-electron chi connectivity index (χ0n) is 12.1. The van der Waals surface area contributed by atoms with Gasteiger partial charge in [0.25, 0.3) is 0 Å². The van der Waals surface area contributed by atoms with Gasteiger partial charge in [-0.1, -0.05) is 54.6 Å². The predicted octanol–water partition coefficient (Wildman–Crippen LogP) is 4.53. The van der Waals surface area contributed by atoms with Crippen LogP contribution < -0.4 is 0 Å². The molecule has 3 aromatic rings. The molecule has 0 spiro atoms. The second-order valence-electron chi connectivity index (χ2n) is 5.26. The number of nitriles is 1. The molecule has 0 heterocycles. The number of benzene rings is 3. The monoisotopic (exact) mass is 285 g/mol. The van der Waals surface area contributed by atoms with E-state index in [-0.39, 0.29) is 5.78 Å². The minimum Gasteiger partial charge on any atom is -0.294 e. The summed E-state index contributed by atoms with van der Waals surface area (Å²) in [7, 11) is 0. The van der Waals surface area contributed by atoms with Crippen molar-refractivity contribution in [2.75, 3.05) is 0 Å². The molecule has 0 unspecified atom stereocenters. The Kier molecular flexibility index (Phi) is 3.98. The van der Waals surface area contributed by atoms with Crippen molar-refractivity contribution >= 4 is 16.6 Å². The molecule has 0 fully saturated rings. The summed E-state index contributed by atoms with van der Waals surface area (Å²) >= 11 is 0. The first-order valence-electron chi connectivity index (χ1n) is 7.28. The maximum absolute atomic E-state index is 12.5. The van der Waals surface area contributed by atoms with Gasteiger partial charge in [0.2, 0.25) is 0 Å². The van der Waals surface area contributed by atoms with Gasteiger partial charge in [0.1, 0.15) is 0 Å². The molecule has 0 amide bonds. The molecule has 2 heteroatoms. The maximum atomic E-state index is 12.5. The van der Waals surface area contributed by atoms with E-state index in [2.05, 4.69) is 6.07 Å². The van der Waals surface area contributed by atoms with E-state index in [1.54, 1.807) is 12.1 Å². The lowest BCUT2D eigenvalue weighted by molar-refractivity contribution is 0.0984. The van der Waals surface area contributed by atoms with Gasteiger partial charge < -0.3 is 0 Å². The fourth-order valence-electron chi connectivity index (χ4n) is 2.61. The second kappa shape index (κ2) is 6.24. The average molecular weight is 285 g/mol. The lowest BCUT2D eigenvalue weighted by Gasteiger charge is -2.06. The van der Waals surface area contributed by atoms with Gasteiger partial charge in [-0.05, 0) is 34.9 Å². The van der Waals surface area contributed by atoms with Gasteiger partial charge in [-0.25, -0.2) is 0 Å². The third-order valence-corrected chi connectivity index (χ3v) is 3.81. The van der Waals surface area contributed by atoms with Crippen molar-refractivity contribution in [3.05, 3.63) is 83.4 Å². The molecule has 3 aromatic carbocycles. The minimum atomic E-state index is 0.154. The third-order valence-electron chi connectivity index (χ3n) is 3.81. The number of carbonyl (C=O) groups is 1. The van der Waals surface area contributed by atoms with E-state index >= 15 is 0 Å². The SMILES string of the molecule is N#Cc1ccc(CCC(=O)c2cccc3ccccc23)cc1. The summed E-state index contributed by atoms with van der Waals surface area (Å²) < 4.78 is 0. The van der Waals surface area contributed by atoms with E-state index in [9.17, 15) is 4.79 Å². The standard InChI is InChI=1S/C20H15NO/c21-14-16-10-8-15(9-11-16)12-13-20(22)19-7-3-5-17-4-1-2-6-18(17)19/h1-11H,12-13H2. The summed E-state index contributed by atoms with van der Waals surface area (Å²) in [4.78, 5) is 12.5. The highest BCUT2D eigenvalue weighted by Crippen LogP contribution is 2.20. The van der Waals surface area contributed by atoms with E-state index in [1.807, 2.05) is 54.6 Å². The summed E-state index contributed by atoms with van der Waals surface area (Å²) in [5.41, 5.74) is 2.50. The number of ketones is 1. The van der Waals surface area contributed by atoms with Gasteiger partial charge in [-0.2, -0.15) is 5.26 Å². The highest BCUT2D eigenvalue weighted by molar-refractivity contribution is 6.08. The Labute approximate surface area is 129 Å². The van der Waals surface area contributed by atoms with Crippen molar-refractivity contribution in [3.63, 3.8) is 0 Å². The molecule has 0 atom stereocenters. The van der Waals surface area contributed by atoms with Crippen LogP contribution in [0.4, 0.5) is 0 Å². The molecule has 0 radical (unpaired) electrons. The molecule has 0 N–H and O–H groups in total. The number of Topliss-reactive ketones (excluding diaryl/α,β-unsaturated/α-hetero) is 1. The molecule has 3 rings (SSSR count). The Balaban J connectivity index is 1.77. The molecule has 0 aliphatic carbocycles. The Bertz CT molecular complexity index is 852. The largest absolute Gasteiger partial charge is 0.294 e. The molecule has 2 nitrogen and oxygen atoms in total. The van der Waals surface area contributed by atoms with Crippen LogP contribution in [0.1, 0.15) is 27.9 Å². The van der Waals surface area contributed by atoms with Crippen LogP contribution in [0.3, 0.4) is 0 Å². The van der Waals surface area contributed by atoms with E-state index in [4.69, 9.17) is 5.26 Å². The summed E-state index contributed by atoms with van der Waals surface area (Å²) in [5, 5.41) is 10.9. The van der Waals surface area contributed by atoms with E-state index < -0.39 is 0 Å². The molecule has 0 aliphatic heterocycles. The third kappa shape index (κ3) is 2.89. The lowest BCUT2D eigenvalue weighted by atomic mass is 9.97. The van der Waals surface area contributed by atoms with Crippen molar-refractivity contribution in [1.29, 1.82) is 5.26 Å². The van der Waals surface area contributed by atoms with Gasteiger partial charge in [0.05, 0.1) is 11.6 Å². The summed E-state index contributed by atoms with van der Waals surface area (Å²) in [5.74, 6) is 0.154. The Morgan fingerprint density at radius 2 is 1.64 bits per heavy atom. The van der Waals surface area contributed by atoms with Gasteiger partial charge in [0, 0.05) is 12.0 Å². The fourth-order valence-corrected chi connectivity index (χ4v) is 2.61. The molecule has 0 saturated heterocycles. The minimum absolute atomic E-state index is 0.154. The van der Waals surface area contributed by atoms with Crippen LogP contribution in [-0.4, -0.2) is 5.78 Å². The predicted molar refractivity (Wildman–Crippen MR) is 87.8 cm³/mol. The topological polar surface area (TPSA) is 40.9 Å². The molecular weight excluding hydrogens is 270 g/mol. The van der Waals surface area contributed by atoms with E-state index in [0.29, 0.717) is 18.4 Å². The lowest BCUT2D eigenvalue weighted by Crippen LogP contribution is -2.02. The first-order chi connectivity index (χ1) is 10.8. The van der Waals surface area contributed by atoms with Gasteiger partial charge in [-0.3, -0.25) is 4.79 Å². The van der Waals surface area contributed by atoms with Crippen LogP contribution in [0.5, 0.6) is 0 Å². The highest BCUT2D eigenvalue weighted by atomic mass is 16.1. The van der Waals surface area contributed by atoms with Gasteiger partial charge in [-0.15, -0.1) is 0 Å². The number of nitrogens with zero attached hydrogens (tertiary/aromatic N) is 1. The molecule has 0 bridgehead atoms. The molecule has 0 saturated carbocycles. The van der Waals surface area contributed by atoms with Gasteiger partial charge >= 0.3 is 0 Å². The number of hydrogen-bond donors (Lipinski definition) is 0. The summed E-state index contributed by atoms with van der Waals surface area (Å²) in [6, 6.07) is 23.3.